The van der Waals surface area contributed by atoms with Crippen molar-refractivity contribution >= 4 is 5.91 Å². The van der Waals surface area contributed by atoms with Crippen molar-refractivity contribution in [1.29, 1.82) is 0 Å². The van der Waals surface area contributed by atoms with Crippen LogP contribution in [0.1, 0.15) is 40.4 Å². The summed E-state index contributed by atoms with van der Waals surface area (Å²) in [5, 5.41) is 2.98. The van der Waals surface area contributed by atoms with Crippen LogP contribution in [0.3, 0.4) is 0 Å². The Hall–Kier alpha value is -2.43. The van der Waals surface area contributed by atoms with E-state index >= 15 is 0 Å². The van der Waals surface area contributed by atoms with E-state index in [1.807, 2.05) is 31.2 Å². The van der Waals surface area contributed by atoms with Gasteiger partial charge < -0.3 is 10.1 Å². The molecule has 0 radical (unpaired) electrons. The fourth-order valence-electron chi connectivity index (χ4n) is 2.75. The number of rotatable bonds is 6. The molecule has 0 heterocycles. The lowest BCUT2D eigenvalue weighted by molar-refractivity contribution is -0.0501. The van der Waals surface area contributed by atoms with E-state index in [2.05, 4.69) is 10.1 Å². The number of para-hydroxylation sites is 1. The molecule has 24 heavy (non-hydrogen) atoms. The first-order chi connectivity index (χ1) is 11.5. The normalized spacial score (nSPS) is 15.2. The predicted octanol–water partition coefficient (Wildman–Crippen LogP) is 4.48. The summed E-state index contributed by atoms with van der Waals surface area (Å²) in [7, 11) is 0. The van der Waals surface area contributed by atoms with E-state index in [1.165, 1.54) is 12.1 Å². The number of halogens is 2. The zero-order chi connectivity index (χ0) is 17.1. The first kappa shape index (κ1) is 16.4. The molecule has 0 saturated heterocycles. The summed E-state index contributed by atoms with van der Waals surface area (Å²) >= 11 is 0. The van der Waals surface area contributed by atoms with Crippen molar-refractivity contribution in [3.05, 3.63) is 65.2 Å². The third-order valence-electron chi connectivity index (χ3n) is 4.16. The number of ether oxygens (including phenoxy) is 1. The quantitative estimate of drug-likeness (QED) is 0.848. The first-order valence-electron chi connectivity index (χ1n) is 7.96. The first-order valence-corrected chi connectivity index (χ1v) is 7.96. The number of amides is 1. The van der Waals surface area contributed by atoms with Crippen molar-refractivity contribution in [3.8, 4) is 5.75 Å². The van der Waals surface area contributed by atoms with Gasteiger partial charge in [0.15, 0.2) is 0 Å². The Morgan fingerprint density at radius 1 is 1.12 bits per heavy atom. The number of aryl methyl sites for hydroxylation is 1. The van der Waals surface area contributed by atoms with Gasteiger partial charge in [-0.05, 0) is 43.4 Å². The summed E-state index contributed by atoms with van der Waals surface area (Å²) in [4.78, 5) is 12.6. The second-order valence-electron chi connectivity index (χ2n) is 6.07. The van der Waals surface area contributed by atoms with Crippen molar-refractivity contribution in [3.63, 3.8) is 0 Å². The lowest BCUT2D eigenvalue weighted by atomic mass is 10.0. The van der Waals surface area contributed by atoms with E-state index in [-0.39, 0.29) is 17.4 Å². The highest BCUT2D eigenvalue weighted by Crippen LogP contribution is 2.41. The van der Waals surface area contributed by atoms with E-state index in [9.17, 15) is 13.6 Å². The van der Waals surface area contributed by atoms with Crippen molar-refractivity contribution in [2.75, 3.05) is 0 Å². The number of hydrogen-bond donors (Lipinski definition) is 1. The van der Waals surface area contributed by atoms with Crippen LogP contribution in [0.4, 0.5) is 8.78 Å². The van der Waals surface area contributed by atoms with E-state index in [4.69, 9.17) is 0 Å². The van der Waals surface area contributed by atoms with Gasteiger partial charge in [-0.1, -0.05) is 42.0 Å². The highest BCUT2D eigenvalue weighted by molar-refractivity contribution is 5.97. The maximum Gasteiger partial charge on any atom is 0.387 e. The Morgan fingerprint density at radius 2 is 1.79 bits per heavy atom. The van der Waals surface area contributed by atoms with Crippen LogP contribution in [0, 0.1) is 12.8 Å². The molecule has 0 aliphatic heterocycles. The third kappa shape index (κ3) is 3.91. The molecule has 1 aliphatic rings. The summed E-state index contributed by atoms with van der Waals surface area (Å²) in [5.41, 5.74) is 2.30. The minimum Gasteiger partial charge on any atom is -0.434 e. The Morgan fingerprint density at radius 3 is 2.42 bits per heavy atom. The van der Waals surface area contributed by atoms with Crippen LogP contribution >= 0.6 is 0 Å². The zero-order valence-electron chi connectivity index (χ0n) is 13.3. The van der Waals surface area contributed by atoms with E-state index in [1.54, 1.807) is 12.1 Å². The van der Waals surface area contributed by atoms with Crippen LogP contribution in [0.2, 0.25) is 0 Å². The van der Waals surface area contributed by atoms with Crippen LogP contribution < -0.4 is 10.1 Å². The van der Waals surface area contributed by atoms with Gasteiger partial charge in [-0.15, -0.1) is 0 Å². The molecule has 1 saturated carbocycles. The summed E-state index contributed by atoms with van der Waals surface area (Å²) < 4.78 is 29.5. The number of nitrogens with one attached hydrogen (secondary N) is 1. The molecular formula is C19H19F2NO2. The summed E-state index contributed by atoms with van der Waals surface area (Å²) in [5.74, 6) is -0.119. The van der Waals surface area contributed by atoms with Crippen molar-refractivity contribution in [2.24, 2.45) is 5.92 Å². The monoisotopic (exact) mass is 331 g/mol. The van der Waals surface area contributed by atoms with Gasteiger partial charge in [-0.3, -0.25) is 4.79 Å². The second-order valence-corrected chi connectivity index (χ2v) is 6.07. The standard InChI is InChI=1S/C19H19F2NO2/c1-12-6-8-13(9-7-12)17(14-10-11-14)22-18(23)15-4-2-3-5-16(15)24-19(20)21/h2-9,14,17,19H,10-11H2,1H3,(H,22,23). The van der Waals surface area contributed by atoms with Crippen molar-refractivity contribution in [2.45, 2.75) is 32.4 Å². The zero-order valence-corrected chi connectivity index (χ0v) is 13.3. The third-order valence-corrected chi connectivity index (χ3v) is 4.16. The number of alkyl halides is 2. The van der Waals surface area contributed by atoms with E-state index < -0.39 is 12.5 Å². The molecule has 2 aromatic carbocycles. The number of carbonyl (C=O) groups is 1. The number of carbonyl (C=O) groups excluding carboxylic acids is 1. The highest BCUT2D eigenvalue weighted by Gasteiger charge is 2.34. The largest absolute Gasteiger partial charge is 0.434 e. The van der Waals surface area contributed by atoms with Gasteiger partial charge in [0.1, 0.15) is 5.75 Å². The summed E-state index contributed by atoms with van der Waals surface area (Å²) in [6.07, 6.45) is 2.10. The molecule has 2 aromatic rings. The maximum atomic E-state index is 12.6. The van der Waals surface area contributed by atoms with Gasteiger partial charge in [0, 0.05) is 0 Å². The topological polar surface area (TPSA) is 38.3 Å². The average molecular weight is 331 g/mol. The Labute approximate surface area is 139 Å². The Balaban J connectivity index is 1.81. The van der Waals surface area contributed by atoms with Crippen LogP contribution in [0.15, 0.2) is 48.5 Å². The molecular weight excluding hydrogens is 312 g/mol. The molecule has 3 rings (SSSR count). The number of hydrogen-bond acceptors (Lipinski definition) is 2. The minimum atomic E-state index is -2.96. The maximum absolute atomic E-state index is 12.6. The van der Waals surface area contributed by atoms with Gasteiger partial charge in [0.05, 0.1) is 11.6 Å². The molecule has 0 bridgehead atoms. The van der Waals surface area contributed by atoms with Crippen LogP contribution in [0.25, 0.3) is 0 Å². The molecule has 1 aliphatic carbocycles. The second kappa shape index (κ2) is 6.99. The highest BCUT2D eigenvalue weighted by atomic mass is 19.3. The number of benzene rings is 2. The van der Waals surface area contributed by atoms with Gasteiger partial charge >= 0.3 is 6.61 Å². The van der Waals surface area contributed by atoms with Gasteiger partial charge in [-0.25, -0.2) is 0 Å². The lowest BCUT2D eigenvalue weighted by Gasteiger charge is -2.20. The SMILES string of the molecule is Cc1ccc(C(NC(=O)c2ccccc2OC(F)F)C2CC2)cc1. The van der Waals surface area contributed by atoms with E-state index in [0.29, 0.717) is 5.92 Å². The molecule has 3 nitrogen and oxygen atoms in total. The fraction of sp³-hybridized carbons (Fsp3) is 0.316. The molecule has 0 aromatic heterocycles. The Kier molecular flexibility index (Phi) is 4.79. The minimum absolute atomic E-state index is 0.108. The molecule has 1 unspecified atom stereocenters. The molecule has 0 spiro atoms. The predicted molar refractivity (Wildman–Crippen MR) is 87.2 cm³/mol. The molecule has 126 valence electrons. The van der Waals surface area contributed by atoms with Crippen LogP contribution in [-0.4, -0.2) is 12.5 Å². The van der Waals surface area contributed by atoms with Crippen LogP contribution in [0.5, 0.6) is 5.75 Å². The smallest absolute Gasteiger partial charge is 0.387 e. The van der Waals surface area contributed by atoms with Crippen molar-refractivity contribution < 1.29 is 18.3 Å². The molecule has 5 heteroatoms. The lowest BCUT2D eigenvalue weighted by Crippen LogP contribution is -2.30. The average Bonchev–Trinajstić information content (AvgIpc) is 3.38. The van der Waals surface area contributed by atoms with Gasteiger partial charge in [-0.2, -0.15) is 8.78 Å². The summed E-state index contributed by atoms with van der Waals surface area (Å²) in [6, 6.07) is 14.0. The fourth-order valence-corrected chi connectivity index (χ4v) is 2.75. The molecule has 1 fully saturated rings. The Bertz CT molecular complexity index is 712. The van der Waals surface area contributed by atoms with Gasteiger partial charge in [0.2, 0.25) is 0 Å². The van der Waals surface area contributed by atoms with Crippen LogP contribution in [-0.2, 0) is 0 Å². The molecule has 1 N–H and O–H groups in total. The molecule has 1 atom stereocenters. The van der Waals surface area contributed by atoms with E-state index in [0.717, 1.165) is 24.0 Å². The summed E-state index contributed by atoms with van der Waals surface area (Å²) in [6.45, 7) is -0.956. The molecule has 1 amide bonds. The van der Waals surface area contributed by atoms with Gasteiger partial charge in [0.25, 0.3) is 5.91 Å². The van der Waals surface area contributed by atoms with Crippen molar-refractivity contribution in [1.82, 2.24) is 5.32 Å².